The Morgan fingerprint density at radius 3 is 2.23 bits per heavy atom. The van der Waals surface area contributed by atoms with Crippen LogP contribution in [0.5, 0.6) is 0 Å². The Labute approximate surface area is 189 Å². The molecule has 1 heterocycles. The zero-order chi connectivity index (χ0) is 22.5. The first-order valence-corrected chi connectivity index (χ1v) is 10.9. The molecule has 1 atom stereocenters. The van der Waals surface area contributed by atoms with E-state index in [1.807, 2.05) is 43.3 Å². The van der Waals surface area contributed by atoms with Crippen molar-refractivity contribution in [1.29, 1.82) is 0 Å². The van der Waals surface area contributed by atoms with Gasteiger partial charge in [0.05, 0.1) is 11.6 Å². The number of amides is 1. The molecular weight excluding hydrogens is 462 g/mol. The minimum atomic E-state index is -0.853. The van der Waals surface area contributed by atoms with E-state index in [9.17, 15) is 19.5 Å². The summed E-state index contributed by atoms with van der Waals surface area (Å²) >= 11 is 3.39. The van der Waals surface area contributed by atoms with Crippen molar-refractivity contribution in [2.45, 2.75) is 38.6 Å². The van der Waals surface area contributed by atoms with Crippen LogP contribution >= 0.6 is 15.9 Å². The van der Waals surface area contributed by atoms with Gasteiger partial charge in [0.1, 0.15) is 5.76 Å². The quantitative estimate of drug-likeness (QED) is 0.241. The third-order valence-corrected chi connectivity index (χ3v) is 5.87. The number of carboxylic acid groups (broad SMARTS) is 1. The second kappa shape index (κ2) is 9.92. The van der Waals surface area contributed by atoms with Gasteiger partial charge < -0.3 is 15.1 Å². The number of nitrogens with zero attached hydrogens (tertiary/aromatic N) is 1. The SMILES string of the molecule is Cc1ccc(C(O)=C2C(=O)C(=O)N(CCCCCC(=O)O)[C@H]2c2ccc(Br)cc2)cc1. The fourth-order valence-electron chi connectivity index (χ4n) is 3.70. The lowest BCUT2D eigenvalue weighted by Crippen LogP contribution is -2.30. The maximum Gasteiger partial charge on any atom is 0.303 e. The average Bonchev–Trinajstić information content (AvgIpc) is 2.99. The van der Waals surface area contributed by atoms with Crippen LogP contribution in [0.1, 0.15) is 48.4 Å². The molecule has 2 N–H and O–H groups in total. The standard InChI is InChI=1S/C24H24BrNO5/c1-15-6-8-17(9-7-15)22(29)20-21(16-10-12-18(25)13-11-16)26(24(31)23(20)30)14-4-2-3-5-19(27)28/h6-13,21,29H,2-5,14H2,1H3,(H,27,28)/t21-/m0/s1. The van der Waals surface area contributed by atoms with Crippen LogP contribution in [0, 0.1) is 6.92 Å². The summed E-state index contributed by atoms with van der Waals surface area (Å²) in [6.07, 6.45) is 1.77. The predicted molar refractivity (Wildman–Crippen MR) is 120 cm³/mol. The number of aliphatic hydroxyl groups excluding tert-OH is 1. The zero-order valence-electron chi connectivity index (χ0n) is 17.2. The lowest BCUT2D eigenvalue weighted by atomic mass is 9.95. The fourth-order valence-corrected chi connectivity index (χ4v) is 3.97. The monoisotopic (exact) mass is 485 g/mol. The number of ketones is 1. The number of carboxylic acids is 1. The Morgan fingerprint density at radius 2 is 1.61 bits per heavy atom. The minimum absolute atomic E-state index is 0.0710. The average molecular weight is 486 g/mol. The van der Waals surface area contributed by atoms with Crippen molar-refractivity contribution in [2.75, 3.05) is 6.54 Å². The van der Waals surface area contributed by atoms with Crippen molar-refractivity contribution in [2.24, 2.45) is 0 Å². The maximum atomic E-state index is 12.9. The number of hydrogen-bond donors (Lipinski definition) is 2. The highest BCUT2D eigenvalue weighted by atomic mass is 79.9. The largest absolute Gasteiger partial charge is 0.507 e. The van der Waals surface area contributed by atoms with Crippen molar-refractivity contribution >= 4 is 39.3 Å². The van der Waals surface area contributed by atoms with Crippen molar-refractivity contribution in [3.05, 3.63) is 75.3 Å². The van der Waals surface area contributed by atoms with Crippen molar-refractivity contribution < 1.29 is 24.6 Å². The van der Waals surface area contributed by atoms with Gasteiger partial charge >= 0.3 is 5.97 Å². The molecule has 0 unspecified atom stereocenters. The van der Waals surface area contributed by atoms with E-state index in [4.69, 9.17) is 5.11 Å². The lowest BCUT2D eigenvalue weighted by Gasteiger charge is -2.25. The van der Waals surface area contributed by atoms with Gasteiger partial charge in [-0.15, -0.1) is 0 Å². The zero-order valence-corrected chi connectivity index (χ0v) is 18.8. The van der Waals surface area contributed by atoms with E-state index in [-0.39, 0.29) is 17.8 Å². The second-order valence-corrected chi connectivity index (χ2v) is 8.53. The van der Waals surface area contributed by atoms with Crippen LogP contribution in [-0.2, 0) is 14.4 Å². The summed E-state index contributed by atoms with van der Waals surface area (Å²) in [5.74, 6) is -2.41. The number of benzene rings is 2. The van der Waals surface area contributed by atoms with Gasteiger partial charge in [-0.2, -0.15) is 0 Å². The molecule has 2 aromatic carbocycles. The molecule has 0 spiro atoms. The first-order valence-electron chi connectivity index (χ1n) is 10.1. The van der Waals surface area contributed by atoms with Crippen LogP contribution in [0.3, 0.4) is 0 Å². The number of aliphatic carboxylic acids is 1. The summed E-state index contributed by atoms with van der Waals surface area (Å²) < 4.78 is 0.861. The Hall–Kier alpha value is -2.93. The topological polar surface area (TPSA) is 94.9 Å². The van der Waals surface area contributed by atoms with Crippen molar-refractivity contribution in [1.82, 2.24) is 4.90 Å². The number of carbonyl (C=O) groups is 3. The number of unbranched alkanes of at least 4 members (excludes halogenated alkanes) is 2. The summed E-state index contributed by atoms with van der Waals surface area (Å²) in [5, 5.41) is 19.8. The van der Waals surface area contributed by atoms with Crippen LogP contribution in [0.15, 0.2) is 58.6 Å². The van der Waals surface area contributed by atoms with Crippen molar-refractivity contribution in [3.63, 3.8) is 0 Å². The molecule has 0 bridgehead atoms. The van der Waals surface area contributed by atoms with E-state index in [2.05, 4.69) is 15.9 Å². The number of hydrogen-bond acceptors (Lipinski definition) is 4. The lowest BCUT2D eigenvalue weighted by molar-refractivity contribution is -0.140. The molecule has 162 valence electrons. The Kier molecular flexibility index (Phi) is 7.28. The van der Waals surface area contributed by atoms with Gasteiger partial charge in [-0.3, -0.25) is 14.4 Å². The normalized spacial score (nSPS) is 17.9. The number of Topliss-reactive ketones (excluding diaryl/α,β-unsaturated/α-hetero) is 1. The summed E-state index contributed by atoms with van der Waals surface area (Å²) in [5.41, 5.74) is 2.29. The number of aliphatic hydroxyl groups is 1. The Morgan fingerprint density at radius 1 is 0.968 bits per heavy atom. The molecule has 7 heteroatoms. The fraction of sp³-hybridized carbons (Fsp3) is 0.292. The highest BCUT2D eigenvalue weighted by Crippen LogP contribution is 2.39. The minimum Gasteiger partial charge on any atom is -0.507 e. The first kappa shape index (κ1) is 22.7. The summed E-state index contributed by atoms with van der Waals surface area (Å²) in [4.78, 5) is 38.0. The highest BCUT2D eigenvalue weighted by Gasteiger charge is 2.45. The molecule has 0 saturated carbocycles. The molecule has 3 rings (SSSR count). The van der Waals surface area contributed by atoms with Gasteiger partial charge in [-0.05, 0) is 37.5 Å². The smallest absolute Gasteiger partial charge is 0.303 e. The van der Waals surface area contributed by atoms with Crippen LogP contribution < -0.4 is 0 Å². The van der Waals surface area contributed by atoms with Gasteiger partial charge in [0.15, 0.2) is 0 Å². The van der Waals surface area contributed by atoms with E-state index < -0.39 is 23.7 Å². The molecule has 1 saturated heterocycles. The van der Waals surface area contributed by atoms with Gasteiger partial charge in [-0.25, -0.2) is 0 Å². The van der Waals surface area contributed by atoms with Gasteiger partial charge in [0.25, 0.3) is 11.7 Å². The molecule has 1 aliphatic rings. The maximum absolute atomic E-state index is 12.9. The van der Waals surface area contributed by atoms with Crippen molar-refractivity contribution in [3.8, 4) is 0 Å². The molecule has 6 nitrogen and oxygen atoms in total. The summed E-state index contributed by atoms with van der Waals surface area (Å²) in [7, 11) is 0. The number of rotatable bonds is 8. The molecule has 31 heavy (non-hydrogen) atoms. The van der Waals surface area contributed by atoms with E-state index in [0.29, 0.717) is 31.4 Å². The molecule has 2 aromatic rings. The number of likely N-dealkylation sites (tertiary alicyclic amines) is 1. The van der Waals surface area contributed by atoms with Crippen LogP contribution in [0.4, 0.5) is 0 Å². The molecule has 0 aliphatic carbocycles. The molecule has 1 amide bonds. The van der Waals surface area contributed by atoms with E-state index in [0.717, 1.165) is 15.6 Å². The number of aryl methyl sites for hydroxylation is 1. The molecule has 1 aliphatic heterocycles. The van der Waals surface area contributed by atoms with Crippen LogP contribution in [0.25, 0.3) is 5.76 Å². The summed E-state index contributed by atoms with van der Waals surface area (Å²) in [6, 6.07) is 13.7. The third-order valence-electron chi connectivity index (χ3n) is 5.34. The second-order valence-electron chi connectivity index (χ2n) is 7.61. The molecular formula is C24H24BrNO5. The first-order chi connectivity index (χ1) is 14.8. The van der Waals surface area contributed by atoms with Crippen LogP contribution in [0.2, 0.25) is 0 Å². The number of carbonyl (C=O) groups excluding carboxylic acids is 2. The predicted octanol–water partition coefficient (Wildman–Crippen LogP) is 4.82. The molecule has 0 aromatic heterocycles. The van der Waals surface area contributed by atoms with E-state index in [1.54, 1.807) is 12.1 Å². The van der Waals surface area contributed by atoms with Crippen LogP contribution in [-0.4, -0.2) is 39.3 Å². The molecule has 1 fully saturated rings. The Balaban J connectivity index is 1.96. The van der Waals surface area contributed by atoms with E-state index >= 15 is 0 Å². The molecule has 0 radical (unpaired) electrons. The van der Waals surface area contributed by atoms with Gasteiger partial charge in [-0.1, -0.05) is 64.3 Å². The van der Waals surface area contributed by atoms with Gasteiger partial charge in [0.2, 0.25) is 0 Å². The van der Waals surface area contributed by atoms with E-state index in [1.165, 1.54) is 4.90 Å². The van der Waals surface area contributed by atoms with Gasteiger partial charge in [0, 0.05) is 23.0 Å². The summed E-state index contributed by atoms with van der Waals surface area (Å²) in [6.45, 7) is 2.23. The number of halogens is 1. The highest BCUT2D eigenvalue weighted by molar-refractivity contribution is 9.10. The third kappa shape index (κ3) is 5.22. The Bertz CT molecular complexity index is 1010.